The molecule has 0 aromatic carbocycles. The summed E-state index contributed by atoms with van der Waals surface area (Å²) >= 11 is 0. The van der Waals surface area contributed by atoms with Gasteiger partial charge in [0.25, 0.3) is 0 Å². The molecule has 0 fully saturated rings. The van der Waals surface area contributed by atoms with E-state index in [2.05, 4.69) is 5.32 Å². The molecule has 1 unspecified atom stereocenters. The second-order valence-electron chi connectivity index (χ2n) is 5.35. The van der Waals surface area contributed by atoms with E-state index in [1.54, 1.807) is 7.05 Å². The molecule has 0 saturated carbocycles. The molecule has 2 amide bonds. The summed E-state index contributed by atoms with van der Waals surface area (Å²) in [7, 11) is 3.10. The van der Waals surface area contributed by atoms with Gasteiger partial charge in [0.1, 0.15) is 0 Å². The Hall–Kier alpha value is -0.850. The predicted molar refractivity (Wildman–Crippen MR) is 77.2 cm³/mol. The van der Waals surface area contributed by atoms with Crippen LogP contribution in [0.4, 0.5) is 0 Å². The zero-order valence-electron chi connectivity index (χ0n) is 12.4. The van der Waals surface area contributed by atoms with E-state index in [0.29, 0.717) is 0 Å². The fraction of sp³-hybridized carbons (Fsp3) is 0.833. The third kappa shape index (κ3) is 9.69. The Morgan fingerprint density at radius 3 is 2.26 bits per heavy atom. The third-order valence-corrected chi connectivity index (χ3v) is 2.32. The fourth-order valence-corrected chi connectivity index (χ4v) is 1.37. The second kappa shape index (κ2) is 9.12. The van der Waals surface area contributed by atoms with Crippen molar-refractivity contribution in [3.8, 4) is 0 Å². The van der Waals surface area contributed by atoms with Crippen molar-refractivity contribution in [3.05, 3.63) is 0 Å². The van der Waals surface area contributed by atoms with Gasteiger partial charge in [0.05, 0.1) is 19.1 Å². The molecule has 114 valence electrons. The number of hydrogen-bond acceptors (Lipinski definition) is 4. The number of nitrogens with two attached hydrogens (primary N) is 1. The number of methoxy groups -OCH3 is 1. The maximum Gasteiger partial charge on any atom is 0.240 e. The molecule has 6 nitrogen and oxygen atoms in total. The molecule has 7 heteroatoms. The molecular formula is C12H26ClN3O3. The van der Waals surface area contributed by atoms with E-state index < -0.39 is 0 Å². The zero-order valence-corrected chi connectivity index (χ0v) is 13.2. The van der Waals surface area contributed by atoms with Gasteiger partial charge in [-0.05, 0) is 20.8 Å². The Kier molecular flexibility index (Phi) is 9.82. The van der Waals surface area contributed by atoms with Gasteiger partial charge in [0, 0.05) is 26.2 Å². The van der Waals surface area contributed by atoms with Crippen molar-refractivity contribution in [1.82, 2.24) is 10.2 Å². The molecule has 0 bridgehead atoms. The van der Waals surface area contributed by atoms with E-state index in [1.807, 2.05) is 20.8 Å². The van der Waals surface area contributed by atoms with E-state index in [9.17, 15) is 9.59 Å². The van der Waals surface area contributed by atoms with Crippen LogP contribution in [0, 0.1) is 0 Å². The molecule has 0 aromatic rings. The van der Waals surface area contributed by atoms with Gasteiger partial charge in [0.2, 0.25) is 11.8 Å². The number of likely N-dealkylation sites (N-methyl/N-ethyl adjacent to an activating group) is 1. The van der Waals surface area contributed by atoms with Gasteiger partial charge in [-0.3, -0.25) is 9.59 Å². The number of nitrogens with one attached hydrogen (secondary N) is 1. The van der Waals surface area contributed by atoms with Crippen molar-refractivity contribution >= 4 is 24.2 Å². The molecule has 1 atom stereocenters. The number of hydrogen-bond donors (Lipinski definition) is 2. The minimum absolute atomic E-state index is 0. The van der Waals surface area contributed by atoms with Crippen LogP contribution in [0.25, 0.3) is 0 Å². The first-order chi connectivity index (χ1) is 8.19. The molecule has 0 rings (SSSR count). The van der Waals surface area contributed by atoms with Gasteiger partial charge in [0.15, 0.2) is 0 Å². The Morgan fingerprint density at radius 2 is 1.89 bits per heavy atom. The molecule has 0 spiro atoms. The van der Waals surface area contributed by atoms with Crippen LogP contribution in [0.1, 0.15) is 27.2 Å². The molecule has 19 heavy (non-hydrogen) atoms. The van der Waals surface area contributed by atoms with Gasteiger partial charge in [-0.25, -0.2) is 0 Å². The molecule has 0 aliphatic heterocycles. The van der Waals surface area contributed by atoms with Gasteiger partial charge < -0.3 is 20.7 Å². The van der Waals surface area contributed by atoms with Crippen molar-refractivity contribution in [3.63, 3.8) is 0 Å². The molecule has 0 saturated heterocycles. The van der Waals surface area contributed by atoms with Crippen LogP contribution in [-0.4, -0.2) is 55.6 Å². The lowest BCUT2D eigenvalue weighted by Crippen LogP contribution is -2.46. The van der Waals surface area contributed by atoms with Crippen LogP contribution in [0.3, 0.4) is 0 Å². The summed E-state index contributed by atoms with van der Waals surface area (Å²) in [6.07, 6.45) is -0.114. The fourth-order valence-electron chi connectivity index (χ4n) is 1.37. The Bertz CT molecular complexity index is 288. The lowest BCUT2D eigenvalue weighted by Gasteiger charge is -2.24. The second-order valence-corrected chi connectivity index (χ2v) is 5.35. The molecule has 3 N–H and O–H groups in total. The van der Waals surface area contributed by atoms with Crippen LogP contribution < -0.4 is 11.1 Å². The highest BCUT2D eigenvalue weighted by atomic mass is 35.5. The summed E-state index contributed by atoms with van der Waals surface area (Å²) in [5.41, 5.74) is 5.14. The Balaban J connectivity index is 0. The van der Waals surface area contributed by atoms with Crippen molar-refractivity contribution in [2.45, 2.75) is 38.8 Å². The van der Waals surface area contributed by atoms with E-state index >= 15 is 0 Å². The smallest absolute Gasteiger partial charge is 0.240 e. The quantitative estimate of drug-likeness (QED) is 0.730. The summed E-state index contributed by atoms with van der Waals surface area (Å²) in [4.78, 5) is 24.8. The predicted octanol–water partition coefficient (Wildman–Crippen LogP) is 0.145. The number of ether oxygens (including phenoxy) is 1. The number of amides is 2. The van der Waals surface area contributed by atoms with Crippen LogP contribution in [0.15, 0.2) is 0 Å². The van der Waals surface area contributed by atoms with E-state index in [4.69, 9.17) is 10.5 Å². The zero-order chi connectivity index (χ0) is 14.3. The normalized spacial score (nSPS) is 12.3. The minimum Gasteiger partial charge on any atom is -0.380 e. The highest BCUT2D eigenvalue weighted by Crippen LogP contribution is 2.01. The highest BCUT2D eigenvalue weighted by Gasteiger charge is 2.19. The first-order valence-corrected chi connectivity index (χ1v) is 5.97. The van der Waals surface area contributed by atoms with E-state index in [1.165, 1.54) is 12.0 Å². The number of nitrogens with zero attached hydrogens (tertiary/aromatic N) is 1. The minimum atomic E-state index is -0.300. The van der Waals surface area contributed by atoms with Crippen LogP contribution in [-0.2, 0) is 14.3 Å². The van der Waals surface area contributed by atoms with Crippen LogP contribution in [0.2, 0.25) is 0 Å². The SMILES string of the molecule is COC(CN)CC(=O)N(C)CC(=O)NC(C)(C)C.Cl. The molecule has 0 aliphatic carbocycles. The third-order valence-electron chi connectivity index (χ3n) is 2.32. The molecule has 0 aromatic heterocycles. The maximum atomic E-state index is 11.8. The van der Waals surface area contributed by atoms with Crippen molar-refractivity contribution < 1.29 is 14.3 Å². The average molecular weight is 296 g/mol. The van der Waals surface area contributed by atoms with Crippen molar-refractivity contribution in [2.24, 2.45) is 5.73 Å². The lowest BCUT2D eigenvalue weighted by atomic mass is 10.1. The maximum absolute atomic E-state index is 11.8. The monoisotopic (exact) mass is 295 g/mol. The summed E-state index contributed by atoms with van der Waals surface area (Å²) < 4.78 is 5.03. The number of carbonyl (C=O) groups excluding carboxylic acids is 2. The first-order valence-electron chi connectivity index (χ1n) is 5.97. The summed E-state index contributed by atoms with van der Waals surface area (Å²) in [6, 6.07) is 0. The molecule has 0 heterocycles. The first kappa shape index (κ1) is 20.5. The number of rotatable bonds is 6. The summed E-state index contributed by atoms with van der Waals surface area (Å²) in [6.45, 7) is 5.99. The van der Waals surface area contributed by atoms with Crippen LogP contribution in [0.5, 0.6) is 0 Å². The van der Waals surface area contributed by atoms with Crippen molar-refractivity contribution in [1.29, 1.82) is 0 Å². The van der Waals surface area contributed by atoms with E-state index in [-0.39, 0.29) is 55.4 Å². The van der Waals surface area contributed by atoms with Gasteiger partial charge in [-0.2, -0.15) is 0 Å². The Morgan fingerprint density at radius 1 is 1.37 bits per heavy atom. The summed E-state index contributed by atoms with van der Waals surface area (Å²) in [5, 5.41) is 2.80. The molecular weight excluding hydrogens is 270 g/mol. The summed E-state index contributed by atoms with van der Waals surface area (Å²) in [5.74, 6) is -0.337. The number of carbonyl (C=O) groups is 2. The van der Waals surface area contributed by atoms with Crippen LogP contribution >= 0.6 is 12.4 Å². The topological polar surface area (TPSA) is 84.7 Å². The highest BCUT2D eigenvalue weighted by molar-refractivity contribution is 5.85. The standard InChI is InChI=1S/C12H25N3O3.ClH/c1-12(2,3)14-10(16)8-15(4)11(17)6-9(7-13)18-5;/h9H,6-8,13H2,1-5H3,(H,14,16);1H. The molecule has 0 aliphatic rings. The van der Waals surface area contributed by atoms with E-state index in [0.717, 1.165) is 0 Å². The van der Waals surface area contributed by atoms with Gasteiger partial charge in [-0.1, -0.05) is 0 Å². The number of halogens is 1. The largest absolute Gasteiger partial charge is 0.380 e. The lowest BCUT2D eigenvalue weighted by molar-refractivity contribution is -0.137. The van der Waals surface area contributed by atoms with Crippen molar-refractivity contribution in [2.75, 3.05) is 27.2 Å². The Labute approximate surface area is 121 Å². The molecule has 0 radical (unpaired) electrons. The average Bonchev–Trinajstić information content (AvgIpc) is 2.22. The van der Waals surface area contributed by atoms with Gasteiger partial charge in [-0.15, -0.1) is 12.4 Å². The van der Waals surface area contributed by atoms with Gasteiger partial charge >= 0.3 is 0 Å².